The summed E-state index contributed by atoms with van der Waals surface area (Å²) in [5.74, 6) is 0. The molecule has 4 aromatic carbocycles. The number of para-hydroxylation sites is 1. The maximum Gasteiger partial charge on any atom is 0.0780 e. The normalized spacial score (nSPS) is 10.8. The van der Waals surface area contributed by atoms with Gasteiger partial charge in [0, 0.05) is 38.7 Å². The van der Waals surface area contributed by atoms with Crippen molar-refractivity contribution in [2.45, 2.75) is 0 Å². The van der Waals surface area contributed by atoms with Crippen LogP contribution in [-0.2, 0) is 0 Å². The fourth-order valence-electron chi connectivity index (χ4n) is 3.73. The Balaban J connectivity index is 1.59. The Kier molecular flexibility index (Phi) is 5.04. The zero-order valence-corrected chi connectivity index (χ0v) is 17.8. The van der Waals surface area contributed by atoms with Gasteiger partial charge in [-0.25, -0.2) is 0 Å². The molecule has 2 nitrogen and oxygen atoms in total. The second kappa shape index (κ2) is 8.13. The Morgan fingerprint density at radius 3 is 1.90 bits per heavy atom. The average Bonchev–Trinajstić information content (AvgIpc) is 2.81. The number of halogens is 1. The van der Waals surface area contributed by atoms with E-state index in [1.165, 1.54) is 10.8 Å². The van der Waals surface area contributed by atoms with Crippen LogP contribution in [0.1, 0.15) is 0 Å². The molecule has 0 unspecified atom stereocenters. The minimum absolute atomic E-state index is 1.01. The van der Waals surface area contributed by atoms with Gasteiger partial charge in [0.05, 0.1) is 5.69 Å². The Morgan fingerprint density at radius 2 is 1.17 bits per heavy atom. The molecule has 1 aromatic heterocycles. The first-order valence-corrected chi connectivity index (χ1v) is 10.6. The van der Waals surface area contributed by atoms with Gasteiger partial charge in [-0.2, -0.15) is 0 Å². The van der Waals surface area contributed by atoms with Crippen molar-refractivity contribution >= 4 is 43.8 Å². The summed E-state index contributed by atoms with van der Waals surface area (Å²) >= 11 is 3.54. The highest BCUT2D eigenvalue weighted by molar-refractivity contribution is 9.10. The van der Waals surface area contributed by atoms with Crippen molar-refractivity contribution in [3.63, 3.8) is 0 Å². The van der Waals surface area contributed by atoms with E-state index in [0.717, 1.165) is 32.8 Å². The van der Waals surface area contributed by atoms with Crippen LogP contribution in [-0.4, -0.2) is 4.98 Å². The quantitative estimate of drug-likeness (QED) is 0.274. The van der Waals surface area contributed by atoms with E-state index in [-0.39, 0.29) is 0 Å². The molecule has 0 aliphatic carbocycles. The predicted octanol–water partition coefficient (Wildman–Crippen LogP) is 8.13. The number of fused-ring (bicyclic) bond motifs is 1. The van der Waals surface area contributed by atoms with Gasteiger partial charge >= 0.3 is 0 Å². The molecule has 0 fully saturated rings. The van der Waals surface area contributed by atoms with Crippen molar-refractivity contribution in [3.05, 3.63) is 120 Å². The molecule has 0 saturated carbocycles. The Morgan fingerprint density at radius 1 is 0.567 bits per heavy atom. The van der Waals surface area contributed by atoms with Gasteiger partial charge in [-0.1, -0.05) is 70.5 Å². The zero-order valence-electron chi connectivity index (χ0n) is 16.2. The van der Waals surface area contributed by atoms with Crippen LogP contribution in [0.25, 0.3) is 22.0 Å². The van der Waals surface area contributed by atoms with E-state index in [2.05, 4.69) is 129 Å². The van der Waals surface area contributed by atoms with Gasteiger partial charge in [0.1, 0.15) is 0 Å². The van der Waals surface area contributed by atoms with E-state index in [0.29, 0.717) is 0 Å². The summed E-state index contributed by atoms with van der Waals surface area (Å²) in [7, 11) is 0. The first kappa shape index (κ1) is 18.6. The highest BCUT2D eigenvalue weighted by Crippen LogP contribution is 2.36. The summed E-state index contributed by atoms with van der Waals surface area (Å²) in [6, 6.07) is 37.9. The summed E-state index contributed by atoms with van der Waals surface area (Å²) in [4.78, 5) is 6.92. The van der Waals surface area contributed by atoms with E-state index in [4.69, 9.17) is 0 Å². The monoisotopic (exact) mass is 450 g/mol. The lowest BCUT2D eigenvalue weighted by Gasteiger charge is -2.25. The lowest BCUT2D eigenvalue weighted by Crippen LogP contribution is -2.09. The van der Waals surface area contributed by atoms with Gasteiger partial charge < -0.3 is 4.90 Å². The molecule has 0 aliphatic rings. The fraction of sp³-hybridized carbons (Fsp3) is 0. The molecule has 0 bridgehead atoms. The molecule has 3 heteroatoms. The van der Waals surface area contributed by atoms with Gasteiger partial charge in [-0.3, -0.25) is 4.98 Å². The Labute approximate surface area is 184 Å². The number of anilines is 3. The van der Waals surface area contributed by atoms with Crippen LogP contribution in [0.2, 0.25) is 0 Å². The van der Waals surface area contributed by atoms with E-state index in [1.807, 2.05) is 12.3 Å². The highest BCUT2D eigenvalue weighted by Gasteiger charge is 2.13. The Bertz CT molecular complexity index is 1280. The summed E-state index contributed by atoms with van der Waals surface area (Å²) in [6.07, 6.45) is 1.88. The number of pyridine rings is 1. The molecule has 5 aromatic rings. The zero-order chi connectivity index (χ0) is 20.3. The average molecular weight is 451 g/mol. The third kappa shape index (κ3) is 3.60. The number of aromatic nitrogens is 1. The largest absolute Gasteiger partial charge is 0.311 e. The van der Waals surface area contributed by atoms with Gasteiger partial charge in [0.15, 0.2) is 0 Å². The number of hydrogen-bond donors (Lipinski definition) is 0. The maximum atomic E-state index is 4.66. The standard InChI is InChI=1S/C27H19BrN2/c28-22-12-16-25(17-13-22)30(23-7-2-1-3-8-23)24-14-10-21(11-15-24)27-26-9-5-4-6-20(26)18-19-29-27/h1-19H. The highest BCUT2D eigenvalue weighted by atomic mass is 79.9. The number of benzene rings is 4. The van der Waals surface area contributed by atoms with E-state index in [9.17, 15) is 0 Å². The van der Waals surface area contributed by atoms with E-state index in [1.54, 1.807) is 0 Å². The van der Waals surface area contributed by atoms with Crippen molar-refractivity contribution in [2.24, 2.45) is 0 Å². The molecule has 0 saturated heterocycles. The van der Waals surface area contributed by atoms with Gasteiger partial charge in [-0.05, 0) is 60.0 Å². The summed E-state index contributed by atoms with van der Waals surface area (Å²) in [5.41, 5.74) is 5.46. The lowest BCUT2D eigenvalue weighted by molar-refractivity contribution is 1.28. The molecule has 0 radical (unpaired) electrons. The topological polar surface area (TPSA) is 16.1 Å². The van der Waals surface area contributed by atoms with E-state index < -0.39 is 0 Å². The molecule has 0 atom stereocenters. The van der Waals surface area contributed by atoms with Crippen LogP contribution in [0.4, 0.5) is 17.1 Å². The molecule has 1 heterocycles. The predicted molar refractivity (Wildman–Crippen MR) is 130 cm³/mol. The smallest absolute Gasteiger partial charge is 0.0780 e. The molecular formula is C27H19BrN2. The number of rotatable bonds is 4. The molecule has 0 spiro atoms. The third-order valence-corrected chi connectivity index (χ3v) is 5.70. The minimum Gasteiger partial charge on any atom is -0.311 e. The number of nitrogens with zero attached hydrogens (tertiary/aromatic N) is 2. The van der Waals surface area contributed by atoms with E-state index >= 15 is 0 Å². The van der Waals surface area contributed by atoms with Gasteiger partial charge in [0.2, 0.25) is 0 Å². The van der Waals surface area contributed by atoms with Crippen molar-refractivity contribution in [1.29, 1.82) is 0 Å². The van der Waals surface area contributed by atoms with Crippen LogP contribution >= 0.6 is 15.9 Å². The second-order valence-corrected chi connectivity index (χ2v) is 7.99. The molecular weight excluding hydrogens is 432 g/mol. The van der Waals surface area contributed by atoms with Crippen molar-refractivity contribution in [2.75, 3.05) is 4.90 Å². The first-order valence-electron chi connectivity index (χ1n) is 9.84. The summed E-state index contributed by atoms with van der Waals surface area (Å²) in [6.45, 7) is 0. The van der Waals surface area contributed by atoms with Crippen molar-refractivity contribution < 1.29 is 0 Å². The molecule has 30 heavy (non-hydrogen) atoms. The molecule has 144 valence electrons. The van der Waals surface area contributed by atoms with Gasteiger partial charge in [0.25, 0.3) is 0 Å². The van der Waals surface area contributed by atoms with Crippen LogP contribution in [0.15, 0.2) is 120 Å². The maximum absolute atomic E-state index is 4.66. The van der Waals surface area contributed by atoms with Crippen LogP contribution < -0.4 is 4.90 Å². The van der Waals surface area contributed by atoms with Gasteiger partial charge in [-0.15, -0.1) is 0 Å². The summed E-state index contributed by atoms with van der Waals surface area (Å²) < 4.78 is 1.07. The fourth-order valence-corrected chi connectivity index (χ4v) is 4.00. The SMILES string of the molecule is Brc1ccc(N(c2ccccc2)c2ccc(-c3nccc4ccccc34)cc2)cc1. The second-order valence-electron chi connectivity index (χ2n) is 7.07. The first-order chi connectivity index (χ1) is 14.8. The van der Waals surface area contributed by atoms with Crippen molar-refractivity contribution in [1.82, 2.24) is 4.98 Å². The number of hydrogen-bond acceptors (Lipinski definition) is 2. The minimum atomic E-state index is 1.01. The van der Waals surface area contributed by atoms with Crippen LogP contribution in [0, 0.1) is 0 Å². The molecule has 0 N–H and O–H groups in total. The third-order valence-electron chi connectivity index (χ3n) is 5.17. The van der Waals surface area contributed by atoms with Crippen LogP contribution in [0.5, 0.6) is 0 Å². The molecule has 0 aliphatic heterocycles. The molecule has 0 amide bonds. The Hall–Kier alpha value is -3.43. The molecule has 5 rings (SSSR count). The lowest BCUT2D eigenvalue weighted by atomic mass is 10.0. The van der Waals surface area contributed by atoms with Crippen molar-refractivity contribution in [3.8, 4) is 11.3 Å². The summed E-state index contributed by atoms with van der Waals surface area (Å²) in [5, 5.41) is 2.37. The van der Waals surface area contributed by atoms with Crippen LogP contribution in [0.3, 0.4) is 0 Å².